The molecule has 4 heteroatoms. The Hall–Kier alpha value is -0.610. The van der Waals surface area contributed by atoms with Gasteiger partial charge in [0.15, 0.2) is 0 Å². The molecule has 1 saturated heterocycles. The first-order valence-electron chi connectivity index (χ1n) is 7.10. The smallest absolute Gasteiger partial charge is 0.313 e. The Morgan fingerprint density at radius 3 is 2.72 bits per heavy atom. The number of hydrogen-bond acceptors (Lipinski definition) is 4. The molecule has 0 radical (unpaired) electrons. The molecule has 0 saturated carbocycles. The first-order valence-corrected chi connectivity index (χ1v) is 7.10. The van der Waals surface area contributed by atoms with Gasteiger partial charge in [-0.1, -0.05) is 13.3 Å². The molecule has 1 fully saturated rings. The highest BCUT2D eigenvalue weighted by Crippen LogP contribution is 2.33. The molecule has 106 valence electrons. The second-order valence-electron chi connectivity index (χ2n) is 5.37. The molecule has 1 rings (SSSR count). The predicted molar refractivity (Wildman–Crippen MR) is 71.5 cm³/mol. The van der Waals surface area contributed by atoms with Crippen molar-refractivity contribution in [1.82, 2.24) is 5.32 Å². The van der Waals surface area contributed by atoms with E-state index in [-0.39, 0.29) is 17.5 Å². The van der Waals surface area contributed by atoms with E-state index in [2.05, 4.69) is 12.2 Å². The molecule has 1 aliphatic rings. The van der Waals surface area contributed by atoms with E-state index in [1.165, 1.54) is 0 Å². The number of carbonyl (C=O) groups excluding carboxylic acids is 1. The van der Waals surface area contributed by atoms with Crippen LogP contribution in [0.15, 0.2) is 0 Å². The van der Waals surface area contributed by atoms with Gasteiger partial charge in [0.2, 0.25) is 0 Å². The van der Waals surface area contributed by atoms with Crippen LogP contribution in [-0.2, 0) is 14.3 Å². The summed E-state index contributed by atoms with van der Waals surface area (Å²) in [5.41, 5.74) is -0.301. The van der Waals surface area contributed by atoms with E-state index >= 15 is 0 Å². The van der Waals surface area contributed by atoms with Crippen LogP contribution < -0.4 is 5.32 Å². The highest BCUT2D eigenvalue weighted by Gasteiger charge is 2.40. The topological polar surface area (TPSA) is 47.6 Å². The van der Waals surface area contributed by atoms with Crippen LogP contribution in [-0.4, -0.2) is 38.4 Å². The van der Waals surface area contributed by atoms with Crippen molar-refractivity contribution in [3.8, 4) is 0 Å². The molecule has 0 aromatic rings. The van der Waals surface area contributed by atoms with Crippen LogP contribution in [0.5, 0.6) is 0 Å². The van der Waals surface area contributed by atoms with E-state index in [1.807, 2.05) is 13.8 Å². The molecule has 1 unspecified atom stereocenters. The van der Waals surface area contributed by atoms with Crippen LogP contribution in [0, 0.1) is 5.41 Å². The van der Waals surface area contributed by atoms with Gasteiger partial charge in [0.25, 0.3) is 0 Å². The normalized spacial score (nSPS) is 24.2. The number of carbonyl (C=O) groups is 1. The second kappa shape index (κ2) is 7.74. The molecule has 0 aliphatic carbocycles. The van der Waals surface area contributed by atoms with Gasteiger partial charge in [0.05, 0.1) is 18.1 Å². The Morgan fingerprint density at radius 2 is 2.17 bits per heavy atom. The van der Waals surface area contributed by atoms with Crippen LogP contribution in [0.2, 0.25) is 0 Å². The summed E-state index contributed by atoms with van der Waals surface area (Å²) in [6.07, 6.45) is 4.10. The number of esters is 1. The average molecular weight is 257 g/mol. The Balaban J connectivity index is 2.39. The van der Waals surface area contributed by atoms with Gasteiger partial charge in [0.1, 0.15) is 6.61 Å². The third-order valence-electron chi connectivity index (χ3n) is 3.40. The van der Waals surface area contributed by atoms with Crippen molar-refractivity contribution in [2.24, 2.45) is 5.41 Å². The molecule has 4 nitrogen and oxygen atoms in total. The van der Waals surface area contributed by atoms with E-state index in [0.717, 1.165) is 38.8 Å². The lowest BCUT2D eigenvalue weighted by Gasteiger charge is -2.35. The van der Waals surface area contributed by atoms with Gasteiger partial charge in [0, 0.05) is 6.54 Å². The predicted octanol–water partition coefficient (Wildman–Crippen LogP) is 2.12. The van der Waals surface area contributed by atoms with Gasteiger partial charge < -0.3 is 14.8 Å². The van der Waals surface area contributed by atoms with Crippen molar-refractivity contribution in [1.29, 1.82) is 0 Å². The monoisotopic (exact) mass is 257 g/mol. The fourth-order valence-electron chi connectivity index (χ4n) is 2.51. The minimum atomic E-state index is -0.301. The summed E-state index contributed by atoms with van der Waals surface area (Å²) in [5, 5.41) is 3.32. The van der Waals surface area contributed by atoms with Crippen molar-refractivity contribution in [3.05, 3.63) is 0 Å². The maximum Gasteiger partial charge on any atom is 0.313 e. The second-order valence-corrected chi connectivity index (χ2v) is 5.37. The lowest BCUT2D eigenvalue weighted by molar-refractivity contribution is -0.159. The third-order valence-corrected chi connectivity index (χ3v) is 3.40. The summed E-state index contributed by atoms with van der Waals surface area (Å²) in [4.78, 5) is 12.2. The summed E-state index contributed by atoms with van der Waals surface area (Å²) in [7, 11) is 0. The lowest BCUT2D eigenvalue weighted by atomic mass is 9.77. The fraction of sp³-hybridized carbons (Fsp3) is 0.929. The Labute approximate surface area is 110 Å². The molecule has 1 heterocycles. The minimum absolute atomic E-state index is 0.0519. The summed E-state index contributed by atoms with van der Waals surface area (Å²) in [6.45, 7) is 8.68. The van der Waals surface area contributed by atoms with Crippen molar-refractivity contribution < 1.29 is 14.3 Å². The maximum atomic E-state index is 12.2. The Morgan fingerprint density at radius 1 is 1.39 bits per heavy atom. The molecule has 0 amide bonds. The highest BCUT2D eigenvalue weighted by molar-refractivity contribution is 5.77. The molecule has 0 bridgehead atoms. The molecular formula is C14H27NO3. The quantitative estimate of drug-likeness (QED) is 0.560. The van der Waals surface area contributed by atoms with Gasteiger partial charge in [-0.25, -0.2) is 0 Å². The van der Waals surface area contributed by atoms with E-state index in [4.69, 9.17) is 9.47 Å². The van der Waals surface area contributed by atoms with Crippen molar-refractivity contribution in [3.63, 3.8) is 0 Å². The summed E-state index contributed by atoms with van der Waals surface area (Å²) in [5.74, 6) is -0.0519. The zero-order valence-electron chi connectivity index (χ0n) is 12.0. The average Bonchev–Trinajstić information content (AvgIpc) is 2.35. The third kappa shape index (κ3) is 4.58. The molecule has 1 aliphatic heterocycles. The molecule has 0 spiro atoms. The van der Waals surface area contributed by atoms with E-state index in [9.17, 15) is 4.79 Å². The summed E-state index contributed by atoms with van der Waals surface area (Å²) in [6, 6.07) is 0. The van der Waals surface area contributed by atoms with Crippen LogP contribution in [0.1, 0.15) is 46.5 Å². The van der Waals surface area contributed by atoms with Gasteiger partial charge >= 0.3 is 5.97 Å². The standard InChI is InChI=1S/C14H27NO3/c1-4-6-14(7-5-8-15-11-14)13(16)18-10-9-17-12(2)3/h12,15H,4-11H2,1-3H3. The van der Waals surface area contributed by atoms with Gasteiger partial charge in [-0.2, -0.15) is 0 Å². The minimum Gasteiger partial charge on any atom is -0.463 e. The number of ether oxygens (including phenoxy) is 2. The van der Waals surface area contributed by atoms with Crippen LogP contribution in [0.4, 0.5) is 0 Å². The summed E-state index contributed by atoms with van der Waals surface area (Å²) >= 11 is 0. The van der Waals surface area contributed by atoms with E-state index in [0.29, 0.717) is 13.2 Å². The fourth-order valence-corrected chi connectivity index (χ4v) is 2.51. The Kier molecular flexibility index (Phi) is 6.65. The SMILES string of the molecule is CCCC1(C(=O)OCCOC(C)C)CCCNC1. The molecular weight excluding hydrogens is 230 g/mol. The number of hydrogen-bond donors (Lipinski definition) is 1. The zero-order valence-corrected chi connectivity index (χ0v) is 12.0. The Bertz CT molecular complexity index is 242. The van der Waals surface area contributed by atoms with E-state index in [1.54, 1.807) is 0 Å². The van der Waals surface area contributed by atoms with Gasteiger partial charge in [-0.15, -0.1) is 0 Å². The lowest BCUT2D eigenvalue weighted by Crippen LogP contribution is -2.46. The van der Waals surface area contributed by atoms with Crippen LogP contribution >= 0.6 is 0 Å². The van der Waals surface area contributed by atoms with Crippen molar-refractivity contribution in [2.75, 3.05) is 26.3 Å². The van der Waals surface area contributed by atoms with Crippen molar-refractivity contribution in [2.45, 2.75) is 52.6 Å². The van der Waals surface area contributed by atoms with E-state index < -0.39 is 0 Å². The number of rotatable bonds is 7. The molecule has 18 heavy (non-hydrogen) atoms. The molecule has 0 aromatic heterocycles. The van der Waals surface area contributed by atoms with Gasteiger partial charge in [-0.05, 0) is 39.7 Å². The van der Waals surface area contributed by atoms with Crippen LogP contribution in [0.25, 0.3) is 0 Å². The number of piperidine rings is 1. The summed E-state index contributed by atoms with van der Waals surface area (Å²) < 4.78 is 10.8. The maximum absolute atomic E-state index is 12.2. The highest BCUT2D eigenvalue weighted by atomic mass is 16.6. The molecule has 0 aromatic carbocycles. The number of nitrogens with one attached hydrogen (secondary N) is 1. The molecule has 1 atom stereocenters. The van der Waals surface area contributed by atoms with Crippen molar-refractivity contribution >= 4 is 5.97 Å². The largest absolute Gasteiger partial charge is 0.463 e. The zero-order chi connectivity index (χ0) is 13.4. The first kappa shape index (κ1) is 15.4. The van der Waals surface area contributed by atoms with Crippen LogP contribution in [0.3, 0.4) is 0 Å². The molecule has 1 N–H and O–H groups in total. The van der Waals surface area contributed by atoms with Gasteiger partial charge in [-0.3, -0.25) is 4.79 Å². The first-order chi connectivity index (χ1) is 8.60.